The van der Waals surface area contributed by atoms with Gasteiger partial charge in [-0.2, -0.15) is 0 Å². The fourth-order valence-electron chi connectivity index (χ4n) is 1.55. The van der Waals surface area contributed by atoms with Crippen molar-refractivity contribution in [2.75, 3.05) is 0 Å². The van der Waals surface area contributed by atoms with E-state index in [4.69, 9.17) is 27.9 Å². The molecule has 18 heavy (non-hydrogen) atoms. The van der Waals surface area contributed by atoms with Crippen molar-refractivity contribution in [1.29, 1.82) is 0 Å². The third kappa shape index (κ3) is 3.41. The number of rotatable bonds is 4. The lowest BCUT2D eigenvalue weighted by molar-refractivity contribution is 0.304. The molecule has 0 aliphatic heterocycles. The Morgan fingerprint density at radius 3 is 2.39 bits per heavy atom. The van der Waals surface area contributed by atoms with Gasteiger partial charge in [0.15, 0.2) is 0 Å². The van der Waals surface area contributed by atoms with Crippen molar-refractivity contribution < 1.29 is 4.74 Å². The monoisotopic (exact) mass is 344 g/mol. The molecule has 1 nitrogen and oxygen atoms in total. The van der Waals surface area contributed by atoms with Crippen LogP contribution in [0, 0.1) is 0 Å². The zero-order valence-electron chi connectivity index (χ0n) is 9.50. The minimum Gasteiger partial charge on any atom is -0.489 e. The van der Waals surface area contributed by atoms with E-state index in [0.29, 0.717) is 17.0 Å². The van der Waals surface area contributed by atoms with Gasteiger partial charge in [-0.05, 0) is 29.8 Å². The zero-order valence-corrected chi connectivity index (χ0v) is 12.6. The lowest BCUT2D eigenvalue weighted by Gasteiger charge is -2.11. The molecule has 0 aliphatic carbocycles. The topological polar surface area (TPSA) is 9.23 Å². The van der Waals surface area contributed by atoms with Gasteiger partial charge in [0.2, 0.25) is 0 Å². The van der Waals surface area contributed by atoms with Crippen molar-refractivity contribution in [2.24, 2.45) is 0 Å². The van der Waals surface area contributed by atoms with Crippen LogP contribution >= 0.6 is 39.1 Å². The summed E-state index contributed by atoms with van der Waals surface area (Å²) >= 11 is 15.4. The highest BCUT2D eigenvalue weighted by Gasteiger charge is 2.06. The number of benzene rings is 2. The van der Waals surface area contributed by atoms with Gasteiger partial charge in [-0.15, -0.1) is 0 Å². The Bertz CT molecular complexity index is 526. The fraction of sp³-hybridized carbons (Fsp3) is 0.143. The molecule has 94 valence electrons. The minimum absolute atomic E-state index is 0.498. The van der Waals surface area contributed by atoms with E-state index >= 15 is 0 Å². The Kier molecular flexibility index (Phi) is 4.93. The van der Waals surface area contributed by atoms with E-state index in [9.17, 15) is 0 Å². The summed E-state index contributed by atoms with van der Waals surface area (Å²) in [4.78, 5) is 0. The first-order chi connectivity index (χ1) is 8.70. The third-order valence-corrected chi connectivity index (χ3v) is 3.68. The molecule has 0 unspecified atom stereocenters. The molecule has 2 aromatic rings. The second-order valence-corrected chi connectivity index (χ2v) is 5.17. The maximum absolute atomic E-state index is 6.10. The number of hydrogen-bond acceptors (Lipinski definition) is 1. The van der Waals surface area contributed by atoms with Crippen molar-refractivity contribution in [3.8, 4) is 5.75 Å². The summed E-state index contributed by atoms with van der Waals surface area (Å²) in [6.45, 7) is 0.498. The molecule has 0 atom stereocenters. The van der Waals surface area contributed by atoms with Crippen LogP contribution in [0.4, 0.5) is 0 Å². The zero-order chi connectivity index (χ0) is 13.0. The molecule has 0 heterocycles. The lowest BCUT2D eigenvalue weighted by Crippen LogP contribution is -1.98. The maximum atomic E-state index is 6.10. The number of alkyl halides is 1. The van der Waals surface area contributed by atoms with Crippen LogP contribution in [-0.2, 0) is 11.9 Å². The summed E-state index contributed by atoms with van der Waals surface area (Å²) in [5, 5.41) is 2.10. The second-order valence-electron chi connectivity index (χ2n) is 3.77. The predicted octanol–water partition coefficient (Wildman–Crippen LogP) is 5.47. The molecule has 0 aliphatic rings. The van der Waals surface area contributed by atoms with Crippen LogP contribution in [-0.4, -0.2) is 0 Å². The highest BCUT2D eigenvalue weighted by molar-refractivity contribution is 9.08. The van der Waals surface area contributed by atoms with Crippen LogP contribution in [0.2, 0.25) is 10.0 Å². The predicted molar refractivity (Wildman–Crippen MR) is 79.9 cm³/mol. The van der Waals surface area contributed by atoms with Crippen molar-refractivity contribution in [1.82, 2.24) is 0 Å². The van der Waals surface area contributed by atoms with E-state index in [1.54, 1.807) is 0 Å². The highest BCUT2D eigenvalue weighted by atomic mass is 79.9. The molecule has 0 saturated carbocycles. The minimum atomic E-state index is 0.498. The summed E-state index contributed by atoms with van der Waals surface area (Å²) in [6, 6.07) is 13.2. The Hall–Kier alpha value is -0.700. The molecule has 0 saturated heterocycles. The summed E-state index contributed by atoms with van der Waals surface area (Å²) in [5.41, 5.74) is 2.04. The normalized spacial score (nSPS) is 10.4. The van der Waals surface area contributed by atoms with E-state index in [1.165, 1.54) is 0 Å². The van der Waals surface area contributed by atoms with Gasteiger partial charge in [0.1, 0.15) is 12.4 Å². The van der Waals surface area contributed by atoms with Gasteiger partial charge in [0, 0.05) is 20.9 Å². The summed E-state index contributed by atoms with van der Waals surface area (Å²) < 4.78 is 5.78. The molecule has 0 spiro atoms. The van der Waals surface area contributed by atoms with Crippen LogP contribution in [0.25, 0.3) is 0 Å². The first kappa shape index (κ1) is 13.7. The molecular formula is C14H11BrCl2O. The SMILES string of the molecule is Clc1ccc(COc2cccc(Cl)c2CBr)cc1. The number of ether oxygens (including phenoxy) is 1. The number of halogens is 3. The summed E-state index contributed by atoms with van der Waals surface area (Å²) in [6.07, 6.45) is 0. The van der Waals surface area contributed by atoms with Gasteiger partial charge in [-0.1, -0.05) is 57.3 Å². The van der Waals surface area contributed by atoms with Crippen LogP contribution in [0.1, 0.15) is 11.1 Å². The van der Waals surface area contributed by atoms with E-state index < -0.39 is 0 Å². The maximum Gasteiger partial charge on any atom is 0.125 e. The van der Waals surface area contributed by atoms with E-state index in [2.05, 4.69) is 15.9 Å². The van der Waals surface area contributed by atoms with Gasteiger partial charge >= 0.3 is 0 Å². The molecular weight excluding hydrogens is 335 g/mol. The van der Waals surface area contributed by atoms with E-state index in [0.717, 1.165) is 21.9 Å². The van der Waals surface area contributed by atoms with Gasteiger partial charge < -0.3 is 4.74 Å². The third-order valence-electron chi connectivity index (χ3n) is 2.52. The van der Waals surface area contributed by atoms with Gasteiger partial charge in [-0.25, -0.2) is 0 Å². The van der Waals surface area contributed by atoms with E-state index in [-0.39, 0.29) is 0 Å². The first-order valence-electron chi connectivity index (χ1n) is 5.41. The molecule has 0 aromatic heterocycles. The Labute approximate surface area is 125 Å². The average molecular weight is 346 g/mol. The average Bonchev–Trinajstić information content (AvgIpc) is 2.38. The standard InChI is InChI=1S/C14H11BrCl2O/c15-8-12-13(17)2-1-3-14(12)18-9-10-4-6-11(16)7-5-10/h1-7H,8-9H2. The van der Waals surface area contributed by atoms with Gasteiger partial charge in [-0.3, -0.25) is 0 Å². The number of hydrogen-bond donors (Lipinski definition) is 0. The Morgan fingerprint density at radius 1 is 1.00 bits per heavy atom. The van der Waals surface area contributed by atoms with Crippen molar-refractivity contribution >= 4 is 39.1 Å². The van der Waals surface area contributed by atoms with Gasteiger partial charge in [0.25, 0.3) is 0 Å². The van der Waals surface area contributed by atoms with Crippen molar-refractivity contribution in [3.05, 3.63) is 63.6 Å². The molecule has 0 radical (unpaired) electrons. The van der Waals surface area contributed by atoms with E-state index in [1.807, 2.05) is 42.5 Å². The first-order valence-corrected chi connectivity index (χ1v) is 7.29. The van der Waals surface area contributed by atoms with Crippen LogP contribution in [0.3, 0.4) is 0 Å². The highest BCUT2D eigenvalue weighted by Crippen LogP contribution is 2.29. The van der Waals surface area contributed by atoms with Crippen LogP contribution < -0.4 is 4.74 Å². The quantitative estimate of drug-likeness (QED) is 0.668. The smallest absolute Gasteiger partial charge is 0.125 e. The summed E-state index contributed by atoms with van der Waals surface area (Å²) in [5.74, 6) is 0.800. The fourth-order valence-corrected chi connectivity index (χ4v) is 2.64. The van der Waals surface area contributed by atoms with Gasteiger partial charge in [0.05, 0.1) is 0 Å². The molecule has 0 fully saturated rings. The Balaban J connectivity index is 2.10. The van der Waals surface area contributed by atoms with Crippen LogP contribution in [0.5, 0.6) is 5.75 Å². The molecule has 4 heteroatoms. The molecule has 0 amide bonds. The van der Waals surface area contributed by atoms with Crippen LogP contribution in [0.15, 0.2) is 42.5 Å². The largest absolute Gasteiger partial charge is 0.489 e. The molecule has 2 rings (SSSR count). The van der Waals surface area contributed by atoms with Crippen molar-refractivity contribution in [2.45, 2.75) is 11.9 Å². The molecule has 0 bridgehead atoms. The second kappa shape index (κ2) is 6.46. The van der Waals surface area contributed by atoms with Crippen molar-refractivity contribution in [3.63, 3.8) is 0 Å². The lowest BCUT2D eigenvalue weighted by atomic mass is 10.2. The summed E-state index contributed by atoms with van der Waals surface area (Å²) in [7, 11) is 0. The molecule has 2 aromatic carbocycles. The molecule has 0 N–H and O–H groups in total. The Morgan fingerprint density at radius 2 is 1.72 bits per heavy atom.